The molecule has 26 heavy (non-hydrogen) atoms. The number of hydrogen-bond donors (Lipinski definition) is 1. The van der Waals surface area contributed by atoms with Gasteiger partial charge in [0.1, 0.15) is 17.6 Å². The summed E-state index contributed by atoms with van der Waals surface area (Å²) in [4.78, 5) is 0.124. The molecule has 3 aromatic carbocycles. The Balaban J connectivity index is 1.82. The highest BCUT2D eigenvalue weighted by Crippen LogP contribution is 2.29. The summed E-state index contributed by atoms with van der Waals surface area (Å²) in [5.74, 6) is 0.919. The molecule has 3 aromatic rings. The molecule has 0 atom stereocenters. The molecule has 0 aliphatic heterocycles. The van der Waals surface area contributed by atoms with Crippen molar-refractivity contribution >= 4 is 15.7 Å². The number of sulfonamides is 1. The van der Waals surface area contributed by atoms with Crippen molar-refractivity contribution in [1.29, 1.82) is 5.26 Å². The van der Waals surface area contributed by atoms with Crippen molar-refractivity contribution in [2.45, 2.75) is 11.8 Å². The molecule has 3 rings (SSSR count). The minimum atomic E-state index is -3.68. The van der Waals surface area contributed by atoms with Crippen LogP contribution >= 0.6 is 0 Å². The van der Waals surface area contributed by atoms with Crippen molar-refractivity contribution in [1.82, 2.24) is 0 Å². The molecule has 0 bridgehead atoms. The lowest BCUT2D eigenvalue weighted by atomic mass is 10.1. The van der Waals surface area contributed by atoms with Gasteiger partial charge in [-0.05, 0) is 55.0 Å². The van der Waals surface area contributed by atoms with E-state index < -0.39 is 10.0 Å². The van der Waals surface area contributed by atoms with Gasteiger partial charge in [0, 0.05) is 5.69 Å². The first-order valence-corrected chi connectivity index (χ1v) is 9.33. The molecular formula is C20H16N2O3S. The van der Waals surface area contributed by atoms with Gasteiger partial charge in [-0.3, -0.25) is 4.72 Å². The van der Waals surface area contributed by atoms with Crippen LogP contribution in [0, 0.1) is 18.3 Å². The number of nitriles is 1. The fourth-order valence-electron chi connectivity index (χ4n) is 2.40. The zero-order valence-electron chi connectivity index (χ0n) is 14.0. The van der Waals surface area contributed by atoms with Crippen LogP contribution in [0.15, 0.2) is 77.7 Å². The molecule has 0 fully saturated rings. The molecule has 130 valence electrons. The topological polar surface area (TPSA) is 79.2 Å². The first-order valence-electron chi connectivity index (χ1n) is 7.85. The van der Waals surface area contributed by atoms with E-state index in [9.17, 15) is 13.7 Å². The third kappa shape index (κ3) is 3.85. The van der Waals surface area contributed by atoms with Gasteiger partial charge in [-0.15, -0.1) is 0 Å². The number of anilines is 1. The van der Waals surface area contributed by atoms with Crippen LogP contribution in [-0.4, -0.2) is 8.42 Å². The number of rotatable bonds is 5. The zero-order valence-corrected chi connectivity index (χ0v) is 14.8. The van der Waals surface area contributed by atoms with Crippen LogP contribution in [0.4, 0.5) is 5.69 Å². The van der Waals surface area contributed by atoms with Crippen molar-refractivity contribution < 1.29 is 13.2 Å². The highest BCUT2D eigenvalue weighted by Gasteiger charge is 2.15. The van der Waals surface area contributed by atoms with E-state index in [1.54, 1.807) is 48.5 Å². The van der Waals surface area contributed by atoms with E-state index in [4.69, 9.17) is 4.74 Å². The van der Waals surface area contributed by atoms with Gasteiger partial charge < -0.3 is 4.74 Å². The summed E-state index contributed by atoms with van der Waals surface area (Å²) < 4.78 is 33.2. The SMILES string of the molecule is Cc1cccc(C#N)c1Oc1ccc(S(=O)(=O)Nc2ccccc2)cc1. The Kier molecular flexibility index (Phi) is 4.92. The molecule has 0 aliphatic carbocycles. The molecular weight excluding hydrogens is 348 g/mol. The van der Waals surface area contributed by atoms with Gasteiger partial charge in [-0.1, -0.05) is 30.3 Å². The summed E-state index contributed by atoms with van der Waals surface area (Å²) in [6, 6.07) is 22.1. The Morgan fingerprint density at radius 3 is 2.27 bits per heavy atom. The molecule has 6 heteroatoms. The second kappa shape index (κ2) is 7.30. The van der Waals surface area contributed by atoms with E-state index >= 15 is 0 Å². The van der Waals surface area contributed by atoms with Crippen molar-refractivity contribution in [3.05, 3.63) is 83.9 Å². The van der Waals surface area contributed by atoms with Crippen molar-refractivity contribution in [3.63, 3.8) is 0 Å². The molecule has 1 N–H and O–H groups in total. The molecule has 0 heterocycles. The number of benzene rings is 3. The van der Waals surface area contributed by atoms with Crippen LogP contribution in [0.2, 0.25) is 0 Å². The molecule has 0 spiro atoms. The standard InChI is InChI=1S/C20H16N2O3S/c1-15-6-5-7-16(14-21)20(15)25-18-10-12-19(13-11-18)26(23,24)22-17-8-3-2-4-9-17/h2-13,22H,1H3. The predicted octanol–water partition coefficient (Wildman–Crippen LogP) is 4.46. The molecule has 0 aliphatic rings. The second-order valence-electron chi connectivity index (χ2n) is 5.61. The Labute approximate surface area is 152 Å². The normalized spacial score (nSPS) is 10.8. The number of nitrogens with zero attached hydrogens (tertiary/aromatic N) is 1. The van der Waals surface area contributed by atoms with Crippen LogP contribution in [0.25, 0.3) is 0 Å². The minimum Gasteiger partial charge on any atom is -0.456 e. The summed E-state index contributed by atoms with van der Waals surface area (Å²) in [6.07, 6.45) is 0. The molecule has 0 aromatic heterocycles. The minimum absolute atomic E-state index is 0.124. The van der Waals surface area contributed by atoms with Gasteiger partial charge in [0.25, 0.3) is 10.0 Å². The van der Waals surface area contributed by atoms with Gasteiger partial charge >= 0.3 is 0 Å². The highest BCUT2D eigenvalue weighted by molar-refractivity contribution is 7.92. The molecule has 0 saturated heterocycles. The third-order valence-electron chi connectivity index (χ3n) is 3.71. The maximum absolute atomic E-state index is 12.4. The van der Waals surface area contributed by atoms with E-state index in [1.165, 1.54) is 12.1 Å². The van der Waals surface area contributed by atoms with E-state index in [1.807, 2.05) is 19.1 Å². The van der Waals surface area contributed by atoms with Gasteiger partial charge in [0.05, 0.1) is 10.5 Å². The Hall–Kier alpha value is -3.30. The van der Waals surface area contributed by atoms with Gasteiger partial charge in [-0.25, -0.2) is 8.42 Å². The number of aryl methyl sites for hydroxylation is 1. The lowest BCUT2D eigenvalue weighted by molar-refractivity contribution is 0.477. The molecule has 5 nitrogen and oxygen atoms in total. The van der Waals surface area contributed by atoms with Crippen molar-refractivity contribution in [2.75, 3.05) is 4.72 Å². The summed E-state index contributed by atoms with van der Waals surface area (Å²) in [6.45, 7) is 1.85. The molecule has 0 radical (unpaired) electrons. The maximum Gasteiger partial charge on any atom is 0.261 e. The van der Waals surface area contributed by atoms with E-state index in [2.05, 4.69) is 10.8 Å². The highest BCUT2D eigenvalue weighted by atomic mass is 32.2. The molecule has 0 amide bonds. The Morgan fingerprint density at radius 2 is 1.62 bits per heavy atom. The van der Waals surface area contributed by atoms with Crippen LogP contribution in [0.5, 0.6) is 11.5 Å². The molecule has 0 unspecified atom stereocenters. The summed E-state index contributed by atoms with van der Waals surface area (Å²) in [5.41, 5.74) is 1.74. The van der Waals surface area contributed by atoms with E-state index in [0.29, 0.717) is 22.7 Å². The van der Waals surface area contributed by atoms with Gasteiger partial charge in [0.15, 0.2) is 0 Å². The quantitative estimate of drug-likeness (QED) is 0.725. The van der Waals surface area contributed by atoms with Crippen LogP contribution < -0.4 is 9.46 Å². The van der Waals surface area contributed by atoms with Crippen LogP contribution in [0.3, 0.4) is 0 Å². The summed E-state index contributed by atoms with van der Waals surface area (Å²) in [5, 5.41) is 9.19. The van der Waals surface area contributed by atoms with E-state index in [-0.39, 0.29) is 4.90 Å². The van der Waals surface area contributed by atoms with Crippen molar-refractivity contribution in [3.8, 4) is 17.6 Å². The number of nitrogens with one attached hydrogen (secondary N) is 1. The Morgan fingerprint density at radius 1 is 0.923 bits per heavy atom. The molecule has 0 saturated carbocycles. The lowest BCUT2D eigenvalue weighted by Gasteiger charge is -2.11. The zero-order chi connectivity index (χ0) is 18.6. The largest absolute Gasteiger partial charge is 0.456 e. The lowest BCUT2D eigenvalue weighted by Crippen LogP contribution is -2.12. The number of para-hydroxylation sites is 2. The Bertz CT molecular complexity index is 1050. The number of ether oxygens (including phenoxy) is 1. The third-order valence-corrected chi connectivity index (χ3v) is 5.11. The summed E-state index contributed by atoms with van der Waals surface area (Å²) in [7, 11) is -3.68. The van der Waals surface area contributed by atoms with Gasteiger partial charge in [0.2, 0.25) is 0 Å². The average molecular weight is 364 g/mol. The average Bonchev–Trinajstić information content (AvgIpc) is 2.64. The first-order chi connectivity index (χ1) is 12.5. The summed E-state index contributed by atoms with van der Waals surface area (Å²) >= 11 is 0. The smallest absolute Gasteiger partial charge is 0.261 e. The predicted molar refractivity (Wildman–Crippen MR) is 99.7 cm³/mol. The van der Waals surface area contributed by atoms with Gasteiger partial charge in [-0.2, -0.15) is 5.26 Å². The van der Waals surface area contributed by atoms with E-state index in [0.717, 1.165) is 5.56 Å². The maximum atomic E-state index is 12.4. The fourth-order valence-corrected chi connectivity index (χ4v) is 3.46. The fraction of sp³-hybridized carbons (Fsp3) is 0.0500. The monoisotopic (exact) mass is 364 g/mol. The van der Waals surface area contributed by atoms with Crippen LogP contribution in [0.1, 0.15) is 11.1 Å². The first kappa shape index (κ1) is 17.5. The van der Waals surface area contributed by atoms with Crippen LogP contribution in [-0.2, 0) is 10.0 Å². The second-order valence-corrected chi connectivity index (χ2v) is 7.29. The van der Waals surface area contributed by atoms with Crippen molar-refractivity contribution in [2.24, 2.45) is 0 Å². The number of hydrogen-bond acceptors (Lipinski definition) is 4.